The number of benzene rings is 1. The molecule has 0 aliphatic carbocycles. The van der Waals surface area contributed by atoms with E-state index in [1.165, 1.54) is 12.1 Å². The molecule has 1 aromatic carbocycles. The van der Waals surface area contributed by atoms with E-state index in [1.807, 2.05) is 0 Å². The second-order valence-corrected chi connectivity index (χ2v) is 3.06. The van der Waals surface area contributed by atoms with Gasteiger partial charge in [0.1, 0.15) is 0 Å². The van der Waals surface area contributed by atoms with Gasteiger partial charge in [-0.15, -0.1) is 0 Å². The number of hydrogen-bond donors (Lipinski definition) is 1. The monoisotopic (exact) mass is 216 g/mol. The van der Waals surface area contributed by atoms with Gasteiger partial charge >= 0.3 is 6.18 Å². The van der Waals surface area contributed by atoms with E-state index in [4.69, 9.17) is 5.11 Å². The Balaban J connectivity index is 2.79. The molecule has 15 heavy (non-hydrogen) atoms. The van der Waals surface area contributed by atoms with Crippen molar-refractivity contribution in [1.29, 1.82) is 0 Å². The second-order valence-electron chi connectivity index (χ2n) is 3.06. The lowest BCUT2D eigenvalue weighted by atomic mass is 10.1. The molecular formula is C11H11F3O. The Morgan fingerprint density at radius 1 is 1.20 bits per heavy atom. The highest BCUT2D eigenvalue weighted by Gasteiger charge is 2.30. The van der Waals surface area contributed by atoms with Crippen LogP contribution in [-0.4, -0.2) is 11.7 Å². The highest BCUT2D eigenvalue weighted by Crippen LogP contribution is 2.29. The predicted molar refractivity (Wildman–Crippen MR) is 51.4 cm³/mol. The van der Waals surface area contributed by atoms with Crippen molar-refractivity contribution in [2.45, 2.75) is 12.6 Å². The number of aliphatic hydroxyl groups is 1. The summed E-state index contributed by atoms with van der Waals surface area (Å²) >= 11 is 0. The highest BCUT2D eigenvalue weighted by atomic mass is 19.4. The molecule has 0 amide bonds. The maximum absolute atomic E-state index is 12.3. The minimum Gasteiger partial charge on any atom is -0.392 e. The van der Waals surface area contributed by atoms with Gasteiger partial charge in [-0.1, -0.05) is 30.4 Å². The molecule has 0 aromatic heterocycles. The molecule has 82 valence electrons. The van der Waals surface area contributed by atoms with Crippen molar-refractivity contribution in [2.24, 2.45) is 0 Å². The van der Waals surface area contributed by atoms with Crippen LogP contribution in [0, 0.1) is 0 Å². The summed E-state index contributed by atoms with van der Waals surface area (Å²) in [4.78, 5) is 0. The van der Waals surface area contributed by atoms with Crippen LogP contribution in [0.2, 0.25) is 0 Å². The van der Waals surface area contributed by atoms with Crippen LogP contribution in [0.5, 0.6) is 0 Å². The SMILES string of the molecule is OC/C=C/Cc1cccc(C(F)(F)F)c1. The van der Waals surface area contributed by atoms with Crippen molar-refractivity contribution in [3.05, 3.63) is 47.5 Å². The molecule has 1 nitrogen and oxygen atoms in total. The third-order valence-corrected chi connectivity index (χ3v) is 1.88. The van der Waals surface area contributed by atoms with Crippen LogP contribution in [0.1, 0.15) is 11.1 Å². The summed E-state index contributed by atoms with van der Waals surface area (Å²) in [5.74, 6) is 0. The first-order valence-corrected chi connectivity index (χ1v) is 4.46. The van der Waals surface area contributed by atoms with Crippen molar-refractivity contribution < 1.29 is 18.3 Å². The van der Waals surface area contributed by atoms with E-state index in [9.17, 15) is 13.2 Å². The topological polar surface area (TPSA) is 20.2 Å². The average molecular weight is 216 g/mol. The van der Waals surface area contributed by atoms with Gasteiger partial charge in [0.15, 0.2) is 0 Å². The van der Waals surface area contributed by atoms with Gasteiger partial charge in [-0.3, -0.25) is 0 Å². The predicted octanol–water partition coefficient (Wildman–Crippen LogP) is 2.80. The third kappa shape index (κ3) is 3.75. The Kier molecular flexibility index (Phi) is 3.91. The molecule has 0 atom stereocenters. The van der Waals surface area contributed by atoms with Gasteiger partial charge in [0.2, 0.25) is 0 Å². The molecule has 0 fully saturated rings. The summed E-state index contributed by atoms with van der Waals surface area (Å²) < 4.78 is 36.9. The van der Waals surface area contributed by atoms with Gasteiger partial charge in [-0.2, -0.15) is 13.2 Å². The first kappa shape index (κ1) is 11.8. The van der Waals surface area contributed by atoms with Gasteiger partial charge < -0.3 is 5.11 Å². The maximum atomic E-state index is 12.3. The van der Waals surface area contributed by atoms with Crippen LogP contribution in [0.4, 0.5) is 13.2 Å². The molecule has 0 radical (unpaired) electrons. The molecule has 0 spiro atoms. The zero-order valence-electron chi connectivity index (χ0n) is 7.96. The standard InChI is InChI=1S/C11H11F3O/c12-11(13,14)10-6-3-5-9(8-10)4-1-2-7-15/h1-3,5-6,8,15H,4,7H2/b2-1+. The van der Waals surface area contributed by atoms with Crippen LogP contribution in [0.3, 0.4) is 0 Å². The minimum atomic E-state index is -4.29. The summed E-state index contributed by atoms with van der Waals surface area (Å²) in [6, 6.07) is 5.16. The van der Waals surface area contributed by atoms with E-state index < -0.39 is 11.7 Å². The summed E-state index contributed by atoms with van der Waals surface area (Å²) in [5.41, 5.74) is -0.0630. The van der Waals surface area contributed by atoms with Crippen LogP contribution < -0.4 is 0 Å². The molecule has 0 aliphatic heterocycles. The van der Waals surface area contributed by atoms with Gasteiger partial charge in [0.25, 0.3) is 0 Å². The maximum Gasteiger partial charge on any atom is 0.416 e. The Morgan fingerprint density at radius 2 is 1.93 bits per heavy atom. The molecule has 0 aliphatic rings. The van der Waals surface area contributed by atoms with E-state index in [1.54, 1.807) is 12.1 Å². The molecule has 4 heteroatoms. The van der Waals surface area contributed by atoms with Gasteiger partial charge in [0, 0.05) is 0 Å². The fourth-order valence-corrected chi connectivity index (χ4v) is 1.17. The first-order chi connectivity index (χ1) is 7.04. The van der Waals surface area contributed by atoms with Gasteiger partial charge in [-0.25, -0.2) is 0 Å². The van der Waals surface area contributed by atoms with Crippen molar-refractivity contribution >= 4 is 0 Å². The number of aliphatic hydroxyl groups excluding tert-OH is 1. The molecule has 1 N–H and O–H groups in total. The average Bonchev–Trinajstić information content (AvgIpc) is 2.17. The highest BCUT2D eigenvalue weighted by molar-refractivity contribution is 5.27. The van der Waals surface area contributed by atoms with Crippen LogP contribution in [-0.2, 0) is 12.6 Å². The molecule has 0 bridgehead atoms. The number of hydrogen-bond acceptors (Lipinski definition) is 1. The third-order valence-electron chi connectivity index (χ3n) is 1.88. The minimum absolute atomic E-state index is 0.0983. The van der Waals surface area contributed by atoms with E-state index in [-0.39, 0.29) is 6.61 Å². The number of allylic oxidation sites excluding steroid dienone is 1. The summed E-state index contributed by atoms with van der Waals surface area (Å²) in [6.07, 6.45) is -0.767. The largest absolute Gasteiger partial charge is 0.416 e. The summed E-state index contributed by atoms with van der Waals surface area (Å²) in [6.45, 7) is -0.0983. The fraction of sp³-hybridized carbons (Fsp3) is 0.273. The van der Waals surface area contributed by atoms with Crippen LogP contribution in [0.15, 0.2) is 36.4 Å². The van der Waals surface area contributed by atoms with Crippen molar-refractivity contribution in [1.82, 2.24) is 0 Å². The fourth-order valence-electron chi connectivity index (χ4n) is 1.17. The first-order valence-electron chi connectivity index (χ1n) is 4.46. The molecule has 1 rings (SSSR count). The van der Waals surface area contributed by atoms with Crippen LogP contribution >= 0.6 is 0 Å². The molecular weight excluding hydrogens is 205 g/mol. The van der Waals surface area contributed by atoms with Crippen molar-refractivity contribution in [3.8, 4) is 0 Å². The zero-order chi connectivity index (χ0) is 11.3. The Morgan fingerprint density at radius 3 is 2.53 bits per heavy atom. The molecule has 0 saturated carbocycles. The lowest BCUT2D eigenvalue weighted by Crippen LogP contribution is -2.04. The number of halogens is 3. The van der Waals surface area contributed by atoms with E-state index >= 15 is 0 Å². The quantitative estimate of drug-likeness (QED) is 0.770. The van der Waals surface area contributed by atoms with E-state index in [0.29, 0.717) is 12.0 Å². The molecule has 0 unspecified atom stereocenters. The lowest BCUT2D eigenvalue weighted by Gasteiger charge is -2.07. The van der Waals surface area contributed by atoms with E-state index in [0.717, 1.165) is 12.1 Å². The van der Waals surface area contributed by atoms with E-state index in [2.05, 4.69) is 0 Å². The normalized spacial score (nSPS) is 12.3. The molecule has 1 aromatic rings. The second kappa shape index (κ2) is 4.98. The smallest absolute Gasteiger partial charge is 0.392 e. The Hall–Kier alpha value is -1.29. The van der Waals surface area contributed by atoms with Gasteiger partial charge in [-0.05, 0) is 18.1 Å². The number of alkyl halides is 3. The number of rotatable bonds is 3. The lowest BCUT2D eigenvalue weighted by molar-refractivity contribution is -0.137. The Bertz CT molecular complexity index is 342. The molecule has 0 heterocycles. The zero-order valence-corrected chi connectivity index (χ0v) is 7.96. The van der Waals surface area contributed by atoms with Gasteiger partial charge in [0.05, 0.1) is 12.2 Å². The van der Waals surface area contributed by atoms with Crippen molar-refractivity contribution in [3.63, 3.8) is 0 Å². The molecule has 0 saturated heterocycles. The Labute approximate surface area is 85.9 Å². The summed E-state index contributed by atoms with van der Waals surface area (Å²) in [5, 5.41) is 8.46. The van der Waals surface area contributed by atoms with Crippen molar-refractivity contribution in [2.75, 3.05) is 6.61 Å². The summed E-state index contributed by atoms with van der Waals surface area (Å²) in [7, 11) is 0. The van der Waals surface area contributed by atoms with Crippen LogP contribution in [0.25, 0.3) is 0 Å².